The first-order valence-corrected chi connectivity index (χ1v) is 9.06. The lowest BCUT2D eigenvalue weighted by Crippen LogP contribution is -2.22. The summed E-state index contributed by atoms with van der Waals surface area (Å²) in [6.45, 7) is 0.949. The van der Waals surface area contributed by atoms with Crippen LogP contribution in [0.1, 0.15) is 5.56 Å². The van der Waals surface area contributed by atoms with Crippen molar-refractivity contribution in [3.63, 3.8) is 0 Å². The van der Waals surface area contributed by atoms with Gasteiger partial charge in [0.05, 0.1) is 27.0 Å². The number of ether oxygens (including phenoxy) is 5. The average Bonchev–Trinajstić information content (AvgIpc) is 3.17. The van der Waals surface area contributed by atoms with Crippen LogP contribution in [0.5, 0.6) is 28.7 Å². The van der Waals surface area contributed by atoms with E-state index in [0.717, 1.165) is 61.9 Å². The molecule has 0 saturated heterocycles. The predicted molar refractivity (Wildman–Crippen MR) is 107 cm³/mol. The van der Waals surface area contributed by atoms with Gasteiger partial charge in [-0.15, -0.1) is 0 Å². The van der Waals surface area contributed by atoms with Crippen LogP contribution in [0.15, 0.2) is 30.3 Å². The van der Waals surface area contributed by atoms with Gasteiger partial charge in [0, 0.05) is 35.5 Å². The topological polar surface area (TPSA) is 49.4 Å². The highest BCUT2D eigenvalue weighted by Crippen LogP contribution is 2.52. The molecular weight excluding hydrogens is 358 g/mol. The lowest BCUT2D eigenvalue weighted by molar-refractivity contribution is 0.174. The van der Waals surface area contributed by atoms with E-state index in [9.17, 15) is 0 Å². The van der Waals surface area contributed by atoms with Gasteiger partial charge >= 0.3 is 0 Å². The number of benzene rings is 3. The van der Waals surface area contributed by atoms with Crippen LogP contribution in [-0.4, -0.2) is 35.2 Å². The van der Waals surface area contributed by atoms with Crippen LogP contribution in [0, 0.1) is 0 Å². The minimum absolute atomic E-state index is 0.242. The largest absolute Gasteiger partial charge is 0.496 e. The van der Waals surface area contributed by atoms with Crippen molar-refractivity contribution in [1.29, 1.82) is 0 Å². The predicted octanol–water partition coefficient (Wildman–Crippen LogP) is 4.21. The summed E-state index contributed by atoms with van der Waals surface area (Å²) >= 11 is 0. The summed E-state index contributed by atoms with van der Waals surface area (Å²) in [6.07, 6.45) is 0. The maximum Gasteiger partial charge on any atom is 0.231 e. The Bertz CT molecular complexity index is 1110. The van der Waals surface area contributed by atoms with Crippen molar-refractivity contribution in [2.75, 3.05) is 40.1 Å². The molecule has 2 aliphatic heterocycles. The normalized spacial score (nSPS) is 13.9. The van der Waals surface area contributed by atoms with E-state index in [2.05, 4.69) is 24.1 Å². The maximum absolute atomic E-state index is 5.73. The zero-order valence-corrected chi connectivity index (χ0v) is 16.3. The third kappa shape index (κ3) is 2.21. The van der Waals surface area contributed by atoms with Gasteiger partial charge < -0.3 is 28.6 Å². The zero-order chi connectivity index (χ0) is 19.4. The smallest absolute Gasteiger partial charge is 0.231 e. The second-order valence-electron chi connectivity index (χ2n) is 6.91. The Morgan fingerprint density at radius 1 is 0.821 bits per heavy atom. The molecule has 0 saturated carbocycles. The van der Waals surface area contributed by atoms with E-state index in [1.807, 2.05) is 18.2 Å². The summed E-state index contributed by atoms with van der Waals surface area (Å²) in [5.41, 5.74) is 4.43. The number of hydrogen-bond acceptors (Lipinski definition) is 6. The number of anilines is 1. The lowest BCUT2D eigenvalue weighted by Gasteiger charge is -2.33. The van der Waals surface area contributed by atoms with E-state index in [1.54, 1.807) is 21.3 Å². The van der Waals surface area contributed by atoms with Gasteiger partial charge in [-0.2, -0.15) is 0 Å². The number of hydrogen-bond donors (Lipinski definition) is 0. The molecule has 0 aliphatic carbocycles. The highest BCUT2D eigenvalue weighted by atomic mass is 16.7. The van der Waals surface area contributed by atoms with E-state index in [0.29, 0.717) is 6.54 Å². The average molecular weight is 379 g/mol. The van der Waals surface area contributed by atoms with E-state index >= 15 is 0 Å². The maximum atomic E-state index is 5.73. The van der Waals surface area contributed by atoms with Gasteiger partial charge in [0.2, 0.25) is 6.79 Å². The van der Waals surface area contributed by atoms with Crippen molar-refractivity contribution in [1.82, 2.24) is 0 Å². The van der Waals surface area contributed by atoms with Crippen LogP contribution in [0.25, 0.3) is 21.9 Å². The number of rotatable bonds is 3. The highest BCUT2D eigenvalue weighted by Gasteiger charge is 2.29. The Labute approximate surface area is 163 Å². The fraction of sp³-hybridized carbons (Fsp3) is 0.273. The zero-order valence-electron chi connectivity index (χ0n) is 16.3. The van der Waals surface area contributed by atoms with E-state index in [4.69, 9.17) is 23.7 Å². The quantitative estimate of drug-likeness (QED) is 0.679. The second-order valence-corrected chi connectivity index (χ2v) is 6.91. The van der Waals surface area contributed by atoms with Crippen molar-refractivity contribution in [2.45, 2.75) is 6.54 Å². The molecule has 3 aromatic carbocycles. The molecule has 0 N–H and O–H groups in total. The molecular formula is C22H21NO5. The summed E-state index contributed by atoms with van der Waals surface area (Å²) in [6, 6.07) is 10.2. The molecule has 3 aromatic rings. The first-order valence-electron chi connectivity index (χ1n) is 9.06. The Kier molecular flexibility index (Phi) is 3.69. The van der Waals surface area contributed by atoms with Gasteiger partial charge in [0.15, 0.2) is 23.0 Å². The van der Waals surface area contributed by atoms with E-state index in [-0.39, 0.29) is 6.79 Å². The number of nitrogens with zero attached hydrogens (tertiary/aromatic N) is 1. The summed E-state index contributed by atoms with van der Waals surface area (Å²) in [5.74, 6) is 3.80. The molecule has 28 heavy (non-hydrogen) atoms. The molecule has 6 nitrogen and oxygen atoms in total. The molecule has 0 amide bonds. The summed E-state index contributed by atoms with van der Waals surface area (Å²) in [5, 5.41) is 2.07. The van der Waals surface area contributed by atoms with Crippen LogP contribution in [0.3, 0.4) is 0 Å². The van der Waals surface area contributed by atoms with E-state index < -0.39 is 0 Å². The molecule has 5 rings (SSSR count). The Hall–Kier alpha value is -3.28. The van der Waals surface area contributed by atoms with Crippen molar-refractivity contribution < 1.29 is 23.7 Å². The molecule has 0 unspecified atom stereocenters. The van der Waals surface area contributed by atoms with Crippen LogP contribution in [0.2, 0.25) is 0 Å². The van der Waals surface area contributed by atoms with Crippen LogP contribution in [0.4, 0.5) is 5.69 Å². The molecule has 0 bridgehead atoms. The first-order chi connectivity index (χ1) is 13.7. The molecule has 2 aliphatic rings. The third-order valence-corrected chi connectivity index (χ3v) is 5.50. The van der Waals surface area contributed by atoms with Crippen molar-refractivity contribution in [3.05, 3.63) is 35.9 Å². The van der Waals surface area contributed by atoms with Crippen LogP contribution < -0.4 is 28.6 Å². The molecule has 144 valence electrons. The second kappa shape index (κ2) is 6.12. The monoisotopic (exact) mass is 379 g/mol. The Morgan fingerprint density at radius 2 is 1.54 bits per heavy atom. The van der Waals surface area contributed by atoms with Gasteiger partial charge in [0.1, 0.15) is 5.75 Å². The van der Waals surface area contributed by atoms with Crippen molar-refractivity contribution in [2.24, 2.45) is 0 Å². The summed E-state index contributed by atoms with van der Waals surface area (Å²) in [7, 11) is 7.10. The van der Waals surface area contributed by atoms with Crippen molar-refractivity contribution >= 4 is 16.5 Å². The highest BCUT2D eigenvalue weighted by molar-refractivity contribution is 6.08. The molecule has 0 radical (unpaired) electrons. The summed E-state index contributed by atoms with van der Waals surface area (Å²) in [4.78, 5) is 2.23. The molecule has 0 atom stereocenters. The van der Waals surface area contributed by atoms with Gasteiger partial charge in [0.25, 0.3) is 0 Å². The fourth-order valence-electron chi connectivity index (χ4n) is 4.27. The van der Waals surface area contributed by atoms with Crippen molar-refractivity contribution in [3.8, 4) is 39.9 Å². The van der Waals surface area contributed by atoms with Gasteiger partial charge in [-0.05, 0) is 35.9 Å². The molecule has 0 fully saturated rings. The first kappa shape index (κ1) is 16.9. The number of methoxy groups -OCH3 is 3. The van der Waals surface area contributed by atoms with Crippen LogP contribution >= 0.6 is 0 Å². The Balaban J connectivity index is 1.85. The molecule has 2 heterocycles. The molecule has 0 spiro atoms. The third-order valence-electron chi connectivity index (χ3n) is 5.50. The van der Waals surface area contributed by atoms with Gasteiger partial charge in [-0.25, -0.2) is 0 Å². The minimum Gasteiger partial charge on any atom is -0.496 e. The SMILES string of the molecule is COc1ccc2c(c1OC)CN(C)c1c-2cc(OC)c2cc3c(cc12)OCO3. The van der Waals surface area contributed by atoms with Gasteiger partial charge in [-0.3, -0.25) is 0 Å². The molecule has 6 heteroatoms. The lowest BCUT2D eigenvalue weighted by atomic mass is 9.89. The fourth-order valence-corrected chi connectivity index (χ4v) is 4.27. The molecule has 0 aromatic heterocycles. The number of fused-ring (bicyclic) bond motifs is 6. The van der Waals surface area contributed by atoms with Gasteiger partial charge in [-0.1, -0.05) is 0 Å². The summed E-state index contributed by atoms with van der Waals surface area (Å²) < 4.78 is 28.1. The van der Waals surface area contributed by atoms with Crippen LogP contribution in [-0.2, 0) is 6.54 Å². The van der Waals surface area contributed by atoms with E-state index in [1.165, 1.54) is 0 Å². The Morgan fingerprint density at radius 3 is 2.21 bits per heavy atom. The standard InChI is InChI=1S/C22H21NO5/c1-23-10-16-12(5-6-17(24-2)22(16)26-4)14-8-18(25-3)13-7-19-20(28-11-27-19)9-15(13)21(14)23/h5-9H,10-11H2,1-4H3. The minimum atomic E-state index is 0.242.